The lowest BCUT2D eigenvalue weighted by atomic mass is 10.0. The van der Waals surface area contributed by atoms with Crippen LogP contribution in [0.2, 0.25) is 0 Å². The van der Waals surface area contributed by atoms with Gasteiger partial charge in [-0.3, -0.25) is 9.88 Å². The van der Waals surface area contributed by atoms with Crippen molar-refractivity contribution in [1.29, 1.82) is 0 Å². The van der Waals surface area contributed by atoms with Crippen LogP contribution < -0.4 is 5.73 Å². The molecule has 0 amide bonds. The highest BCUT2D eigenvalue weighted by Gasteiger charge is 2.13. The minimum atomic E-state index is 0.406. The van der Waals surface area contributed by atoms with Gasteiger partial charge in [0.2, 0.25) is 0 Å². The molecule has 2 aromatic rings. The molecule has 0 fully saturated rings. The Hall–Kier alpha value is -1.71. The van der Waals surface area contributed by atoms with Crippen LogP contribution >= 0.6 is 0 Å². The maximum Gasteiger partial charge on any atom is 0.0271 e. The second kappa shape index (κ2) is 7.78. The predicted molar refractivity (Wildman–Crippen MR) is 83.3 cm³/mol. The molecule has 2 rings (SSSR count). The Morgan fingerprint density at radius 3 is 2.40 bits per heavy atom. The number of aryl methyl sites for hydroxylation is 1. The van der Waals surface area contributed by atoms with Crippen LogP contribution in [0.3, 0.4) is 0 Å². The second-order valence-electron chi connectivity index (χ2n) is 5.18. The van der Waals surface area contributed by atoms with Crippen molar-refractivity contribution in [2.24, 2.45) is 5.73 Å². The van der Waals surface area contributed by atoms with Crippen LogP contribution in [0.15, 0.2) is 54.9 Å². The highest BCUT2D eigenvalue weighted by molar-refractivity contribution is 5.15. The molecule has 0 aliphatic heterocycles. The maximum absolute atomic E-state index is 5.94. The van der Waals surface area contributed by atoms with E-state index in [0.29, 0.717) is 12.6 Å². The zero-order valence-electron chi connectivity index (χ0n) is 12.1. The van der Waals surface area contributed by atoms with E-state index in [1.165, 1.54) is 11.1 Å². The summed E-state index contributed by atoms with van der Waals surface area (Å²) in [5, 5.41) is 0. The zero-order chi connectivity index (χ0) is 14.2. The van der Waals surface area contributed by atoms with Gasteiger partial charge in [0.05, 0.1) is 0 Å². The van der Waals surface area contributed by atoms with Crippen LogP contribution in [-0.4, -0.2) is 29.5 Å². The summed E-state index contributed by atoms with van der Waals surface area (Å²) < 4.78 is 0. The Kier molecular flexibility index (Phi) is 5.71. The van der Waals surface area contributed by atoms with Gasteiger partial charge < -0.3 is 5.73 Å². The molecule has 3 heteroatoms. The first kappa shape index (κ1) is 14.7. The van der Waals surface area contributed by atoms with E-state index in [4.69, 9.17) is 5.73 Å². The fraction of sp³-hybridized carbons (Fsp3) is 0.353. The van der Waals surface area contributed by atoms with E-state index >= 15 is 0 Å². The standard InChI is InChI=1S/C17H23N3/c1-20(14-16-9-11-19-12-10-16)17(13-18)8-7-15-5-3-2-4-6-15/h2-6,9-12,17H,7-8,13-14,18H2,1H3. The summed E-state index contributed by atoms with van der Waals surface area (Å²) in [5.41, 5.74) is 8.59. The Labute approximate surface area is 121 Å². The van der Waals surface area contributed by atoms with Gasteiger partial charge in [0.25, 0.3) is 0 Å². The van der Waals surface area contributed by atoms with Crippen molar-refractivity contribution in [3.8, 4) is 0 Å². The minimum absolute atomic E-state index is 0.406. The molecular formula is C17H23N3. The Morgan fingerprint density at radius 2 is 1.75 bits per heavy atom. The molecule has 1 unspecified atom stereocenters. The van der Waals surface area contributed by atoms with E-state index in [1.54, 1.807) is 0 Å². The van der Waals surface area contributed by atoms with Crippen molar-refractivity contribution in [2.45, 2.75) is 25.4 Å². The monoisotopic (exact) mass is 269 g/mol. The van der Waals surface area contributed by atoms with Gasteiger partial charge in [-0.1, -0.05) is 30.3 Å². The first-order valence-corrected chi connectivity index (χ1v) is 7.12. The molecule has 0 saturated carbocycles. The number of pyridine rings is 1. The largest absolute Gasteiger partial charge is 0.329 e. The minimum Gasteiger partial charge on any atom is -0.329 e. The summed E-state index contributed by atoms with van der Waals surface area (Å²) in [6.07, 6.45) is 5.83. The number of likely N-dealkylation sites (N-methyl/N-ethyl adjacent to an activating group) is 1. The van der Waals surface area contributed by atoms with E-state index in [0.717, 1.165) is 19.4 Å². The van der Waals surface area contributed by atoms with Gasteiger partial charge in [0.1, 0.15) is 0 Å². The molecule has 3 nitrogen and oxygen atoms in total. The smallest absolute Gasteiger partial charge is 0.0271 e. The second-order valence-corrected chi connectivity index (χ2v) is 5.18. The average Bonchev–Trinajstić information content (AvgIpc) is 2.50. The number of hydrogen-bond acceptors (Lipinski definition) is 3. The van der Waals surface area contributed by atoms with Crippen molar-refractivity contribution in [2.75, 3.05) is 13.6 Å². The summed E-state index contributed by atoms with van der Waals surface area (Å²) in [4.78, 5) is 6.38. The van der Waals surface area contributed by atoms with Gasteiger partial charge in [-0.05, 0) is 43.1 Å². The van der Waals surface area contributed by atoms with E-state index in [-0.39, 0.29) is 0 Å². The molecule has 2 N–H and O–H groups in total. The van der Waals surface area contributed by atoms with Crippen LogP contribution in [0.4, 0.5) is 0 Å². The lowest BCUT2D eigenvalue weighted by Crippen LogP contribution is -2.37. The lowest BCUT2D eigenvalue weighted by molar-refractivity contribution is 0.227. The molecule has 0 aliphatic rings. The average molecular weight is 269 g/mol. The van der Waals surface area contributed by atoms with Gasteiger partial charge >= 0.3 is 0 Å². The molecule has 1 aromatic heterocycles. The predicted octanol–water partition coefficient (Wildman–Crippen LogP) is 2.47. The molecule has 20 heavy (non-hydrogen) atoms. The fourth-order valence-electron chi connectivity index (χ4n) is 2.40. The van der Waals surface area contributed by atoms with Crippen molar-refractivity contribution in [3.63, 3.8) is 0 Å². The third-order valence-electron chi connectivity index (χ3n) is 3.69. The maximum atomic E-state index is 5.94. The molecule has 0 saturated heterocycles. The first-order chi connectivity index (χ1) is 9.79. The van der Waals surface area contributed by atoms with Gasteiger partial charge in [-0.15, -0.1) is 0 Å². The lowest BCUT2D eigenvalue weighted by Gasteiger charge is -2.27. The molecule has 1 aromatic carbocycles. The molecule has 0 spiro atoms. The SMILES string of the molecule is CN(Cc1ccncc1)C(CN)CCc1ccccc1. The van der Waals surface area contributed by atoms with Crippen LogP contribution in [-0.2, 0) is 13.0 Å². The van der Waals surface area contributed by atoms with Gasteiger partial charge in [0.15, 0.2) is 0 Å². The van der Waals surface area contributed by atoms with E-state index < -0.39 is 0 Å². The third kappa shape index (κ3) is 4.44. The van der Waals surface area contributed by atoms with Crippen molar-refractivity contribution < 1.29 is 0 Å². The van der Waals surface area contributed by atoms with E-state index in [1.807, 2.05) is 12.4 Å². The molecule has 0 bridgehead atoms. The third-order valence-corrected chi connectivity index (χ3v) is 3.69. The Morgan fingerprint density at radius 1 is 1.05 bits per heavy atom. The molecule has 1 heterocycles. The van der Waals surface area contributed by atoms with E-state index in [9.17, 15) is 0 Å². The van der Waals surface area contributed by atoms with E-state index in [2.05, 4.69) is 59.4 Å². The highest BCUT2D eigenvalue weighted by atomic mass is 15.1. The Balaban J connectivity index is 1.87. The number of benzene rings is 1. The summed E-state index contributed by atoms with van der Waals surface area (Å²) in [7, 11) is 2.14. The number of nitrogens with zero attached hydrogens (tertiary/aromatic N) is 2. The summed E-state index contributed by atoms with van der Waals surface area (Å²) >= 11 is 0. The quantitative estimate of drug-likeness (QED) is 0.839. The normalized spacial score (nSPS) is 12.6. The van der Waals surface area contributed by atoms with Crippen molar-refractivity contribution in [1.82, 2.24) is 9.88 Å². The number of rotatable bonds is 7. The Bertz CT molecular complexity index is 484. The van der Waals surface area contributed by atoms with Crippen molar-refractivity contribution in [3.05, 3.63) is 66.0 Å². The van der Waals surface area contributed by atoms with Gasteiger partial charge in [-0.25, -0.2) is 0 Å². The van der Waals surface area contributed by atoms with Gasteiger partial charge in [-0.2, -0.15) is 0 Å². The first-order valence-electron chi connectivity index (χ1n) is 7.12. The zero-order valence-corrected chi connectivity index (χ0v) is 12.1. The molecular weight excluding hydrogens is 246 g/mol. The summed E-state index contributed by atoms with van der Waals surface area (Å²) in [6.45, 7) is 1.60. The van der Waals surface area contributed by atoms with Crippen LogP contribution in [0.5, 0.6) is 0 Å². The summed E-state index contributed by atoms with van der Waals surface area (Å²) in [6, 6.07) is 15.1. The number of nitrogens with two attached hydrogens (primary N) is 1. The van der Waals surface area contributed by atoms with Crippen LogP contribution in [0.1, 0.15) is 17.5 Å². The summed E-state index contributed by atoms with van der Waals surface area (Å²) in [5.74, 6) is 0. The fourth-order valence-corrected chi connectivity index (χ4v) is 2.40. The molecule has 0 aliphatic carbocycles. The number of hydrogen-bond donors (Lipinski definition) is 1. The number of aromatic nitrogens is 1. The van der Waals surface area contributed by atoms with Crippen LogP contribution in [0.25, 0.3) is 0 Å². The molecule has 0 radical (unpaired) electrons. The van der Waals surface area contributed by atoms with Crippen molar-refractivity contribution >= 4 is 0 Å². The van der Waals surface area contributed by atoms with Gasteiger partial charge in [0, 0.05) is 31.5 Å². The molecule has 1 atom stereocenters. The van der Waals surface area contributed by atoms with Crippen LogP contribution in [0, 0.1) is 0 Å². The highest BCUT2D eigenvalue weighted by Crippen LogP contribution is 2.11. The molecule has 106 valence electrons. The topological polar surface area (TPSA) is 42.2 Å².